The maximum atomic E-state index is 14.1. The molecule has 0 saturated heterocycles. The van der Waals surface area contributed by atoms with Gasteiger partial charge in [-0.2, -0.15) is 0 Å². The number of halogens is 6. The Morgan fingerprint density at radius 2 is 1.74 bits per heavy atom. The van der Waals surface area contributed by atoms with Crippen molar-refractivity contribution in [1.82, 2.24) is 4.72 Å². The largest absolute Gasteiger partial charge is 0.573 e. The van der Waals surface area contributed by atoms with Gasteiger partial charge in [0.2, 0.25) is 0 Å². The van der Waals surface area contributed by atoms with E-state index in [-0.39, 0.29) is 16.5 Å². The standard InChI is InChI=1S/C15H9Cl2F4NO4S/c1-27(24)22-14(23)8-5-10(17)13(6-11(8)18)25-7-2-3-12(9(16)4-7)26-15(19,20)21/h2-6H,1H3,(H,22,23). The maximum Gasteiger partial charge on any atom is 0.573 e. The number of ether oxygens (including phenoxy) is 2. The number of carbonyl (C=O) groups excluding carboxylic acids is 1. The highest BCUT2D eigenvalue weighted by Gasteiger charge is 2.32. The zero-order chi connectivity index (χ0) is 20.4. The van der Waals surface area contributed by atoms with Crippen molar-refractivity contribution in [2.45, 2.75) is 6.36 Å². The van der Waals surface area contributed by atoms with E-state index in [9.17, 15) is 26.6 Å². The first-order valence-electron chi connectivity index (χ1n) is 6.83. The molecule has 1 atom stereocenters. The summed E-state index contributed by atoms with van der Waals surface area (Å²) < 4.78 is 72.8. The first kappa shape index (κ1) is 21.3. The van der Waals surface area contributed by atoms with Crippen molar-refractivity contribution in [3.63, 3.8) is 0 Å². The van der Waals surface area contributed by atoms with E-state index in [0.717, 1.165) is 30.3 Å². The first-order valence-corrected chi connectivity index (χ1v) is 9.14. The van der Waals surface area contributed by atoms with E-state index >= 15 is 0 Å². The first-order chi connectivity index (χ1) is 12.5. The summed E-state index contributed by atoms with van der Waals surface area (Å²) in [5.41, 5.74) is -0.463. The molecule has 12 heteroatoms. The normalized spacial score (nSPS) is 12.4. The average molecular weight is 446 g/mol. The van der Waals surface area contributed by atoms with Crippen LogP contribution < -0.4 is 14.2 Å². The number of alkyl halides is 3. The van der Waals surface area contributed by atoms with Crippen LogP contribution in [0.5, 0.6) is 17.2 Å². The predicted octanol–water partition coefficient (Wildman–Crippen LogP) is 4.85. The average Bonchev–Trinajstić information content (AvgIpc) is 2.51. The van der Waals surface area contributed by atoms with Crippen LogP contribution in [0.4, 0.5) is 17.6 Å². The number of nitrogens with one attached hydrogen (secondary N) is 1. The van der Waals surface area contributed by atoms with E-state index in [1.165, 1.54) is 6.26 Å². The third kappa shape index (κ3) is 5.98. The van der Waals surface area contributed by atoms with Gasteiger partial charge in [0.1, 0.15) is 34.1 Å². The van der Waals surface area contributed by atoms with Crippen LogP contribution in [0.2, 0.25) is 10.0 Å². The van der Waals surface area contributed by atoms with Crippen LogP contribution in [0.1, 0.15) is 10.4 Å². The molecular formula is C15H9Cl2F4NO4S. The Labute approximate surface area is 162 Å². The number of benzene rings is 2. The lowest BCUT2D eigenvalue weighted by Crippen LogP contribution is -2.25. The molecular weight excluding hydrogens is 437 g/mol. The molecule has 0 fully saturated rings. The van der Waals surface area contributed by atoms with E-state index in [1.54, 1.807) is 0 Å². The fourth-order valence-electron chi connectivity index (χ4n) is 1.85. The predicted molar refractivity (Wildman–Crippen MR) is 91.2 cm³/mol. The van der Waals surface area contributed by atoms with Crippen LogP contribution in [0.25, 0.3) is 0 Å². The Balaban J connectivity index is 2.25. The van der Waals surface area contributed by atoms with Crippen molar-refractivity contribution in [3.8, 4) is 17.2 Å². The number of amides is 1. The third-order valence-corrected chi connectivity index (χ3v) is 3.92. The van der Waals surface area contributed by atoms with Gasteiger partial charge in [-0.15, -0.1) is 13.2 Å². The van der Waals surface area contributed by atoms with Gasteiger partial charge >= 0.3 is 6.36 Å². The summed E-state index contributed by atoms with van der Waals surface area (Å²) >= 11 is 11.6. The molecule has 0 aromatic heterocycles. The molecule has 0 saturated carbocycles. The second kappa shape index (κ2) is 8.32. The molecule has 27 heavy (non-hydrogen) atoms. The highest BCUT2D eigenvalue weighted by molar-refractivity contribution is 7.82. The lowest BCUT2D eigenvalue weighted by Gasteiger charge is -2.13. The van der Waals surface area contributed by atoms with Crippen molar-refractivity contribution in [1.29, 1.82) is 0 Å². The minimum atomic E-state index is -4.92. The van der Waals surface area contributed by atoms with Gasteiger partial charge in [0.05, 0.1) is 15.6 Å². The van der Waals surface area contributed by atoms with Crippen LogP contribution in [-0.4, -0.2) is 22.7 Å². The summed E-state index contributed by atoms with van der Waals surface area (Å²) in [6, 6.07) is 4.77. The molecule has 2 aromatic carbocycles. The van der Waals surface area contributed by atoms with Crippen LogP contribution >= 0.6 is 23.2 Å². The van der Waals surface area contributed by atoms with Crippen LogP contribution in [0.3, 0.4) is 0 Å². The quantitative estimate of drug-likeness (QED) is 0.668. The molecule has 2 rings (SSSR count). The van der Waals surface area contributed by atoms with Crippen LogP contribution in [0.15, 0.2) is 30.3 Å². The number of rotatable bonds is 5. The van der Waals surface area contributed by atoms with E-state index in [4.69, 9.17) is 27.9 Å². The van der Waals surface area contributed by atoms with Gasteiger partial charge in [0, 0.05) is 18.4 Å². The molecule has 146 valence electrons. The highest BCUT2D eigenvalue weighted by atomic mass is 35.5. The van der Waals surface area contributed by atoms with Crippen molar-refractivity contribution < 1.29 is 36.0 Å². The van der Waals surface area contributed by atoms with Crippen LogP contribution in [0, 0.1) is 5.82 Å². The number of carbonyl (C=O) groups is 1. The molecule has 1 amide bonds. The van der Waals surface area contributed by atoms with Gasteiger partial charge in [-0.3, -0.25) is 9.52 Å². The summed E-state index contributed by atoms with van der Waals surface area (Å²) in [7, 11) is -1.71. The van der Waals surface area contributed by atoms with Gasteiger partial charge in [0.15, 0.2) is 0 Å². The summed E-state index contributed by atoms with van der Waals surface area (Å²) in [6.07, 6.45) is -3.73. The van der Waals surface area contributed by atoms with E-state index < -0.39 is 45.4 Å². The maximum absolute atomic E-state index is 14.1. The Kier molecular flexibility index (Phi) is 6.55. The van der Waals surface area contributed by atoms with Crippen molar-refractivity contribution in [2.24, 2.45) is 0 Å². The second-order valence-corrected chi connectivity index (χ2v) is 6.82. The fraction of sp³-hybridized carbons (Fsp3) is 0.133. The molecule has 1 N–H and O–H groups in total. The van der Waals surface area contributed by atoms with Crippen molar-refractivity contribution in [3.05, 3.63) is 51.8 Å². The monoisotopic (exact) mass is 445 g/mol. The summed E-state index contributed by atoms with van der Waals surface area (Å²) in [4.78, 5) is 11.7. The fourth-order valence-corrected chi connectivity index (χ4v) is 2.63. The van der Waals surface area contributed by atoms with Gasteiger partial charge in [-0.1, -0.05) is 23.2 Å². The molecule has 5 nitrogen and oxygen atoms in total. The Hall–Kier alpha value is -2.04. The zero-order valence-electron chi connectivity index (χ0n) is 13.2. The lowest BCUT2D eigenvalue weighted by molar-refractivity contribution is -0.274. The van der Waals surface area contributed by atoms with E-state index in [0.29, 0.717) is 0 Å². The number of hydrogen-bond acceptors (Lipinski definition) is 4. The molecule has 0 radical (unpaired) electrons. The Morgan fingerprint density at radius 1 is 1.11 bits per heavy atom. The van der Waals surface area contributed by atoms with Gasteiger partial charge in [-0.05, 0) is 18.2 Å². The van der Waals surface area contributed by atoms with Gasteiger partial charge < -0.3 is 9.47 Å². The van der Waals surface area contributed by atoms with E-state index in [1.807, 2.05) is 4.72 Å². The Morgan fingerprint density at radius 3 is 2.30 bits per heavy atom. The molecule has 2 aromatic rings. The highest BCUT2D eigenvalue weighted by Crippen LogP contribution is 2.36. The van der Waals surface area contributed by atoms with Crippen molar-refractivity contribution >= 4 is 40.1 Å². The van der Waals surface area contributed by atoms with E-state index in [2.05, 4.69) is 4.74 Å². The SMILES string of the molecule is CS(=O)NC(=O)c1cc(Cl)c(Oc2ccc(OC(F)(F)F)c(Cl)c2)cc1F. The third-order valence-electron chi connectivity index (χ3n) is 2.86. The van der Waals surface area contributed by atoms with Crippen molar-refractivity contribution in [2.75, 3.05) is 6.26 Å². The molecule has 0 bridgehead atoms. The second-order valence-electron chi connectivity index (χ2n) is 4.89. The molecule has 0 aliphatic carbocycles. The molecule has 0 heterocycles. The summed E-state index contributed by atoms with van der Waals surface area (Å²) in [5, 5.41) is -0.571. The lowest BCUT2D eigenvalue weighted by atomic mass is 10.2. The number of hydrogen-bond donors (Lipinski definition) is 1. The zero-order valence-corrected chi connectivity index (χ0v) is 15.5. The molecule has 0 aliphatic heterocycles. The minimum Gasteiger partial charge on any atom is -0.456 e. The Bertz CT molecular complexity index is 908. The molecule has 0 spiro atoms. The topological polar surface area (TPSA) is 64.6 Å². The summed E-state index contributed by atoms with van der Waals surface area (Å²) in [6.45, 7) is 0. The minimum absolute atomic E-state index is 0.0531. The van der Waals surface area contributed by atoms with Gasteiger partial charge in [-0.25, -0.2) is 8.60 Å². The smallest absolute Gasteiger partial charge is 0.456 e. The van der Waals surface area contributed by atoms with Gasteiger partial charge in [0.25, 0.3) is 5.91 Å². The van der Waals surface area contributed by atoms with Crippen LogP contribution in [-0.2, 0) is 11.0 Å². The molecule has 1 unspecified atom stereocenters. The summed E-state index contributed by atoms with van der Waals surface area (Å²) in [5.74, 6) is -2.88. The molecule has 0 aliphatic rings.